The van der Waals surface area contributed by atoms with E-state index in [1.807, 2.05) is 0 Å². The van der Waals surface area contributed by atoms with Gasteiger partial charge in [0.05, 0.1) is 4.92 Å². The van der Waals surface area contributed by atoms with Crippen LogP contribution in [0.5, 0.6) is 0 Å². The van der Waals surface area contributed by atoms with E-state index in [1.165, 1.54) is 13.8 Å². The number of rotatable bonds is 1. The molecule has 15 heavy (non-hydrogen) atoms. The molecule has 6 heteroatoms. The van der Waals surface area contributed by atoms with Gasteiger partial charge in [-0.2, -0.15) is 13.2 Å². The molecule has 0 aliphatic carbocycles. The van der Waals surface area contributed by atoms with E-state index in [1.54, 1.807) is 0 Å². The Kier molecular flexibility index (Phi) is 2.70. The van der Waals surface area contributed by atoms with Gasteiger partial charge in [0.15, 0.2) is 0 Å². The summed E-state index contributed by atoms with van der Waals surface area (Å²) in [5.74, 6) is 0. The Balaban J connectivity index is 3.49. The van der Waals surface area contributed by atoms with Gasteiger partial charge in [0, 0.05) is 6.07 Å². The molecule has 3 nitrogen and oxygen atoms in total. The van der Waals surface area contributed by atoms with Crippen LogP contribution in [-0.4, -0.2) is 4.92 Å². The Labute approximate surface area is 83.7 Å². The summed E-state index contributed by atoms with van der Waals surface area (Å²) >= 11 is 0. The lowest BCUT2D eigenvalue weighted by atomic mass is 10.0. The van der Waals surface area contributed by atoms with E-state index in [9.17, 15) is 23.3 Å². The Morgan fingerprint density at radius 1 is 1.20 bits per heavy atom. The molecule has 0 saturated carbocycles. The number of nitro groups is 1. The average Bonchev–Trinajstić information content (AvgIpc) is 2.06. The zero-order valence-electron chi connectivity index (χ0n) is 8.05. The summed E-state index contributed by atoms with van der Waals surface area (Å²) in [5, 5.41) is 10.4. The molecule has 0 aliphatic rings. The second-order valence-corrected chi connectivity index (χ2v) is 3.21. The van der Waals surface area contributed by atoms with E-state index in [4.69, 9.17) is 0 Å². The summed E-state index contributed by atoms with van der Waals surface area (Å²) in [6.07, 6.45) is -4.69. The van der Waals surface area contributed by atoms with E-state index in [-0.39, 0.29) is 0 Å². The molecule has 0 amide bonds. The van der Waals surface area contributed by atoms with Gasteiger partial charge in [-0.25, -0.2) is 0 Å². The van der Waals surface area contributed by atoms with Crippen molar-refractivity contribution in [3.63, 3.8) is 0 Å². The van der Waals surface area contributed by atoms with Crippen molar-refractivity contribution in [1.82, 2.24) is 0 Å². The zero-order chi connectivity index (χ0) is 11.8. The predicted molar refractivity (Wildman–Crippen MR) is 47.6 cm³/mol. The molecule has 0 spiro atoms. The summed E-state index contributed by atoms with van der Waals surface area (Å²) in [6, 6.07) is 1.74. The van der Waals surface area contributed by atoms with E-state index in [0.717, 1.165) is 12.1 Å². The van der Waals surface area contributed by atoms with Gasteiger partial charge in [0.2, 0.25) is 0 Å². The fourth-order valence-electron chi connectivity index (χ4n) is 1.18. The lowest BCUT2D eigenvalue weighted by molar-refractivity contribution is -0.388. The molecule has 0 aliphatic heterocycles. The average molecular weight is 219 g/mol. The number of benzene rings is 1. The molecule has 0 radical (unpaired) electrons. The molecule has 82 valence electrons. The molecule has 0 aromatic heterocycles. The number of hydrogen-bond acceptors (Lipinski definition) is 2. The lowest BCUT2D eigenvalue weighted by Gasteiger charge is -2.09. The minimum absolute atomic E-state index is 0.382. The highest BCUT2D eigenvalue weighted by molar-refractivity contribution is 5.48. The van der Waals surface area contributed by atoms with Gasteiger partial charge in [0.1, 0.15) is 5.56 Å². The molecule has 0 heterocycles. The van der Waals surface area contributed by atoms with Crippen LogP contribution < -0.4 is 0 Å². The lowest BCUT2D eigenvalue weighted by Crippen LogP contribution is -2.09. The third-order valence-corrected chi connectivity index (χ3v) is 2.11. The molecule has 1 rings (SSSR count). The van der Waals surface area contributed by atoms with Gasteiger partial charge in [-0.3, -0.25) is 10.1 Å². The number of aryl methyl sites for hydroxylation is 2. The maximum absolute atomic E-state index is 12.4. The first-order valence-corrected chi connectivity index (χ1v) is 4.06. The largest absolute Gasteiger partial charge is 0.423 e. The molecule has 0 bridgehead atoms. The van der Waals surface area contributed by atoms with Crippen molar-refractivity contribution in [2.24, 2.45) is 0 Å². The second kappa shape index (κ2) is 3.52. The van der Waals surface area contributed by atoms with E-state index >= 15 is 0 Å². The molecule has 0 N–H and O–H groups in total. The maximum atomic E-state index is 12.4. The van der Waals surface area contributed by atoms with Crippen molar-refractivity contribution >= 4 is 5.69 Å². The van der Waals surface area contributed by atoms with Crippen molar-refractivity contribution in [1.29, 1.82) is 0 Å². The Bertz CT molecular complexity index is 413. The topological polar surface area (TPSA) is 43.1 Å². The predicted octanol–water partition coefficient (Wildman–Crippen LogP) is 3.23. The van der Waals surface area contributed by atoms with Crippen LogP contribution >= 0.6 is 0 Å². The van der Waals surface area contributed by atoms with Crippen LogP contribution in [0.2, 0.25) is 0 Å². The summed E-state index contributed by atoms with van der Waals surface area (Å²) in [5.41, 5.74) is -1.25. The van der Waals surface area contributed by atoms with Gasteiger partial charge in [0.25, 0.3) is 5.69 Å². The highest BCUT2D eigenvalue weighted by Gasteiger charge is 2.38. The fraction of sp³-hybridized carbons (Fsp3) is 0.333. The smallest absolute Gasteiger partial charge is 0.258 e. The first kappa shape index (κ1) is 11.5. The maximum Gasteiger partial charge on any atom is 0.423 e. The van der Waals surface area contributed by atoms with Gasteiger partial charge >= 0.3 is 6.18 Å². The van der Waals surface area contributed by atoms with Crippen LogP contribution in [-0.2, 0) is 6.18 Å². The molecule has 1 aromatic rings. The summed E-state index contributed by atoms with van der Waals surface area (Å²) < 4.78 is 37.2. The van der Waals surface area contributed by atoms with Crippen LogP contribution in [0.3, 0.4) is 0 Å². The van der Waals surface area contributed by atoms with Crippen molar-refractivity contribution in [2.75, 3.05) is 0 Å². The number of nitrogens with zero attached hydrogens (tertiary/aromatic N) is 1. The summed E-state index contributed by atoms with van der Waals surface area (Å²) in [7, 11) is 0. The minimum atomic E-state index is -4.69. The molecule has 0 atom stereocenters. The van der Waals surface area contributed by atoms with Crippen LogP contribution in [0.4, 0.5) is 18.9 Å². The summed E-state index contributed by atoms with van der Waals surface area (Å²) in [4.78, 5) is 9.42. The van der Waals surface area contributed by atoms with E-state index in [2.05, 4.69) is 0 Å². The van der Waals surface area contributed by atoms with Gasteiger partial charge in [-0.05, 0) is 31.0 Å². The van der Waals surface area contributed by atoms with Crippen LogP contribution in [0.1, 0.15) is 16.7 Å². The quantitative estimate of drug-likeness (QED) is 0.537. The number of alkyl halides is 3. The van der Waals surface area contributed by atoms with E-state index in [0.29, 0.717) is 11.1 Å². The van der Waals surface area contributed by atoms with Gasteiger partial charge < -0.3 is 0 Å². The molecule has 0 saturated heterocycles. The third kappa shape index (κ3) is 2.26. The van der Waals surface area contributed by atoms with Crippen LogP contribution in [0.25, 0.3) is 0 Å². The molecular formula is C9H8F3NO2. The van der Waals surface area contributed by atoms with Crippen LogP contribution in [0.15, 0.2) is 12.1 Å². The fourth-order valence-corrected chi connectivity index (χ4v) is 1.18. The molecule has 1 aromatic carbocycles. The SMILES string of the molecule is Cc1cc([N+](=O)[O-])c(C(F)(F)F)cc1C. The van der Waals surface area contributed by atoms with Crippen molar-refractivity contribution in [2.45, 2.75) is 20.0 Å². The van der Waals surface area contributed by atoms with Crippen LogP contribution in [0, 0.1) is 24.0 Å². The third-order valence-electron chi connectivity index (χ3n) is 2.11. The number of halogens is 3. The Hall–Kier alpha value is -1.59. The van der Waals surface area contributed by atoms with Crippen molar-refractivity contribution < 1.29 is 18.1 Å². The van der Waals surface area contributed by atoms with Crippen molar-refractivity contribution in [3.8, 4) is 0 Å². The number of nitro benzene ring substituents is 1. The number of hydrogen-bond donors (Lipinski definition) is 0. The first-order valence-electron chi connectivity index (χ1n) is 4.06. The highest BCUT2D eigenvalue weighted by Crippen LogP contribution is 2.37. The van der Waals surface area contributed by atoms with Gasteiger partial charge in [-0.15, -0.1) is 0 Å². The highest BCUT2D eigenvalue weighted by atomic mass is 19.4. The summed E-state index contributed by atoms with van der Waals surface area (Å²) in [6.45, 7) is 3.01. The molecule has 0 unspecified atom stereocenters. The Morgan fingerprint density at radius 2 is 1.67 bits per heavy atom. The van der Waals surface area contributed by atoms with E-state index < -0.39 is 22.4 Å². The zero-order valence-corrected chi connectivity index (χ0v) is 8.05. The van der Waals surface area contributed by atoms with Gasteiger partial charge in [-0.1, -0.05) is 0 Å². The monoisotopic (exact) mass is 219 g/mol. The minimum Gasteiger partial charge on any atom is -0.258 e. The Morgan fingerprint density at radius 3 is 2.07 bits per heavy atom. The first-order chi connectivity index (χ1) is 6.73. The van der Waals surface area contributed by atoms with Crippen molar-refractivity contribution in [3.05, 3.63) is 38.9 Å². The standard InChI is InChI=1S/C9H8F3NO2/c1-5-3-7(9(10,11)12)8(13(14)15)4-6(5)2/h3-4H,1-2H3. The second-order valence-electron chi connectivity index (χ2n) is 3.21. The normalized spacial score (nSPS) is 11.5. The molecular weight excluding hydrogens is 211 g/mol. The molecule has 0 fully saturated rings.